The van der Waals surface area contributed by atoms with Gasteiger partial charge >= 0.3 is 0 Å². The molecular formula is C19H16N4O6. The van der Waals surface area contributed by atoms with Crippen molar-refractivity contribution >= 4 is 23.2 Å². The van der Waals surface area contributed by atoms with Gasteiger partial charge in [0, 0.05) is 18.7 Å². The molecule has 1 fully saturated rings. The number of amides is 2. The van der Waals surface area contributed by atoms with Crippen molar-refractivity contribution in [1.29, 1.82) is 0 Å². The molecule has 148 valence electrons. The first-order valence-electron chi connectivity index (χ1n) is 8.54. The lowest BCUT2D eigenvalue weighted by Crippen LogP contribution is -2.65. The van der Waals surface area contributed by atoms with Crippen molar-refractivity contribution in [2.45, 2.75) is 12.1 Å². The maximum absolute atomic E-state index is 12.6. The van der Waals surface area contributed by atoms with Crippen LogP contribution in [0, 0.1) is 20.2 Å². The molecular weight excluding hydrogens is 380 g/mol. The molecule has 1 saturated heterocycles. The highest BCUT2D eigenvalue weighted by Gasteiger charge is 2.48. The molecule has 1 N–H and O–H groups in total. The monoisotopic (exact) mass is 396 g/mol. The molecule has 0 bridgehead atoms. The van der Waals surface area contributed by atoms with E-state index in [4.69, 9.17) is 0 Å². The number of β-lactam (4-membered cyclic amide) rings is 1. The molecule has 2 atom stereocenters. The van der Waals surface area contributed by atoms with Crippen molar-refractivity contribution < 1.29 is 19.4 Å². The minimum Gasteiger partial charge on any atom is -0.338 e. The molecule has 2 aromatic rings. The Kier molecular flexibility index (Phi) is 5.35. The number of nitrogens with one attached hydrogen (secondary N) is 1. The van der Waals surface area contributed by atoms with Crippen molar-refractivity contribution in [3.63, 3.8) is 0 Å². The van der Waals surface area contributed by atoms with Gasteiger partial charge in [-0.3, -0.25) is 29.8 Å². The van der Waals surface area contributed by atoms with E-state index in [0.717, 1.165) is 23.8 Å². The van der Waals surface area contributed by atoms with Gasteiger partial charge in [0.25, 0.3) is 17.3 Å². The fourth-order valence-electron chi connectivity index (χ4n) is 3.22. The SMILES string of the molecule is C=CCN1C(=O)[C@@H](NC(=O)c2cc([N+](=O)[O-])cc([N+](=O)[O-])c2)[C@H]1c1ccccc1. The van der Waals surface area contributed by atoms with E-state index in [1.54, 1.807) is 18.2 Å². The number of rotatable bonds is 7. The van der Waals surface area contributed by atoms with E-state index in [1.807, 2.05) is 18.2 Å². The highest BCUT2D eigenvalue weighted by atomic mass is 16.6. The maximum Gasteiger partial charge on any atom is 0.277 e. The van der Waals surface area contributed by atoms with Gasteiger partial charge in [-0.2, -0.15) is 0 Å². The minimum absolute atomic E-state index is 0.271. The molecule has 0 saturated carbocycles. The van der Waals surface area contributed by atoms with Crippen LogP contribution in [0.3, 0.4) is 0 Å². The highest BCUT2D eigenvalue weighted by molar-refractivity contribution is 6.00. The molecule has 0 unspecified atom stereocenters. The van der Waals surface area contributed by atoms with E-state index >= 15 is 0 Å². The fraction of sp³-hybridized carbons (Fsp3) is 0.158. The topological polar surface area (TPSA) is 136 Å². The predicted molar refractivity (Wildman–Crippen MR) is 102 cm³/mol. The summed E-state index contributed by atoms with van der Waals surface area (Å²) in [5.41, 5.74) is -0.647. The molecule has 1 heterocycles. The van der Waals surface area contributed by atoms with Gasteiger partial charge in [-0.15, -0.1) is 6.58 Å². The van der Waals surface area contributed by atoms with Crippen molar-refractivity contribution in [2.75, 3.05) is 6.54 Å². The van der Waals surface area contributed by atoms with Crippen molar-refractivity contribution in [3.8, 4) is 0 Å². The highest BCUT2D eigenvalue weighted by Crippen LogP contribution is 2.35. The van der Waals surface area contributed by atoms with Crippen molar-refractivity contribution in [2.24, 2.45) is 0 Å². The lowest BCUT2D eigenvalue weighted by Gasteiger charge is -2.47. The second kappa shape index (κ2) is 7.89. The van der Waals surface area contributed by atoms with Crippen LogP contribution in [0.4, 0.5) is 11.4 Å². The molecule has 10 heteroatoms. The summed E-state index contributed by atoms with van der Waals surface area (Å²) in [5.74, 6) is -1.15. The van der Waals surface area contributed by atoms with Crippen molar-refractivity contribution in [1.82, 2.24) is 10.2 Å². The van der Waals surface area contributed by atoms with Gasteiger partial charge < -0.3 is 10.2 Å². The zero-order chi connectivity index (χ0) is 21.1. The number of likely N-dealkylation sites (tertiary alicyclic amines) is 1. The first-order valence-corrected chi connectivity index (χ1v) is 8.54. The third-order valence-electron chi connectivity index (χ3n) is 4.54. The first kappa shape index (κ1) is 19.7. The van der Waals surface area contributed by atoms with Gasteiger partial charge in [-0.05, 0) is 5.56 Å². The van der Waals surface area contributed by atoms with Gasteiger partial charge in [0.05, 0.1) is 27.5 Å². The fourth-order valence-corrected chi connectivity index (χ4v) is 3.22. The molecule has 2 aromatic carbocycles. The number of carbonyl (C=O) groups is 2. The molecule has 0 radical (unpaired) electrons. The second-order valence-corrected chi connectivity index (χ2v) is 6.34. The molecule has 1 aliphatic heterocycles. The summed E-state index contributed by atoms with van der Waals surface area (Å²) in [6.07, 6.45) is 1.57. The van der Waals surface area contributed by atoms with E-state index in [2.05, 4.69) is 11.9 Å². The Morgan fingerprint density at radius 3 is 2.21 bits per heavy atom. The van der Waals surface area contributed by atoms with Gasteiger partial charge in [-0.25, -0.2) is 0 Å². The maximum atomic E-state index is 12.6. The summed E-state index contributed by atoms with van der Waals surface area (Å²) in [6, 6.07) is 10.3. The number of nitrogens with zero attached hydrogens (tertiary/aromatic N) is 3. The molecule has 0 aromatic heterocycles. The van der Waals surface area contributed by atoms with E-state index < -0.39 is 39.2 Å². The summed E-state index contributed by atoms with van der Waals surface area (Å²) < 4.78 is 0. The summed E-state index contributed by atoms with van der Waals surface area (Å²) in [5, 5.41) is 24.6. The Bertz CT molecular complexity index is 975. The minimum atomic E-state index is -0.900. The predicted octanol–water partition coefficient (Wildman–Crippen LogP) is 2.37. The van der Waals surface area contributed by atoms with Crippen LogP contribution >= 0.6 is 0 Å². The summed E-state index contributed by atoms with van der Waals surface area (Å²) in [7, 11) is 0. The van der Waals surface area contributed by atoms with Crippen LogP contribution in [-0.4, -0.2) is 39.1 Å². The van der Waals surface area contributed by atoms with Gasteiger partial charge in [0.1, 0.15) is 6.04 Å². The Labute approximate surface area is 164 Å². The molecule has 29 heavy (non-hydrogen) atoms. The van der Waals surface area contributed by atoms with Crippen molar-refractivity contribution in [3.05, 3.63) is 92.5 Å². The summed E-state index contributed by atoms with van der Waals surface area (Å²) >= 11 is 0. The molecule has 2 amide bonds. The second-order valence-electron chi connectivity index (χ2n) is 6.34. The van der Waals surface area contributed by atoms with Crippen LogP contribution in [0.2, 0.25) is 0 Å². The number of hydrogen-bond acceptors (Lipinski definition) is 6. The van der Waals surface area contributed by atoms with Gasteiger partial charge in [-0.1, -0.05) is 36.4 Å². The van der Waals surface area contributed by atoms with E-state index in [0.29, 0.717) is 0 Å². The van der Waals surface area contributed by atoms with E-state index in [1.165, 1.54) is 4.90 Å². The normalized spacial score (nSPS) is 17.9. The van der Waals surface area contributed by atoms with Crippen LogP contribution in [0.15, 0.2) is 61.2 Å². The number of benzene rings is 2. The first-order chi connectivity index (χ1) is 13.8. The molecule has 0 spiro atoms. The molecule has 0 aliphatic carbocycles. The van der Waals surface area contributed by atoms with Gasteiger partial charge in [0.15, 0.2) is 0 Å². The third-order valence-corrected chi connectivity index (χ3v) is 4.54. The Morgan fingerprint density at radius 2 is 1.69 bits per heavy atom. The molecule has 10 nitrogen and oxygen atoms in total. The summed E-state index contributed by atoms with van der Waals surface area (Å²) in [4.78, 5) is 47.1. The average molecular weight is 396 g/mol. The zero-order valence-corrected chi connectivity index (χ0v) is 15.1. The largest absolute Gasteiger partial charge is 0.338 e. The van der Waals surface area contributed by atoms with Crippen LogP contribution in [0.5, 0.6) is 0 Å². The number of nitro benzene ring substituents is 2. The number of non-ortho nitro benzene ring substituents is 2. The third kappa shape index (κ3) is 3.81. The Balaban J connectivity index is 1.89. The van der Waals surface area contributed by atoms with Gasteiger partial charge in [0.2, 0.25) is 5.91 Å². The Morgan fingerprint density at radius 1 is 1.10 bits per heavy atom. The van der Waals surface area contributed by atoms with E-state index in [9.17, 15) is 29.8 Å². The quantitative estimate of drug-likeness (QED) is 0.330. The smallest absolute Gasteiger partial charge is 0.277 e. The lowest BCUT2D eigenvalue weighted by atomic mass is 9.88. The van der Waals surface area contributed by atoms with Crippen LogP contribution in [-0.2, 0) is 4.79 Å². The van der Waals surface area contributed by atoms with Crippen LogP contribution in [0.1, 0.15) is 22.0 Å². The molecule has 1 aliphatic rings. The number of hydrogen-bond donors (Lipinski definition) is 1. The molecule has 3 rings (SSSR count). The zero-order valence-electron chi connectivity index (χ0n) is 15.1. The average Bonchev–Trinajstić information content (AvgIpc) is 2.72. The lowest BCUT2D eigenvalue weighted by molar-refractivity contribution is -0.394. The van der Waals surface area contributed by atoms with E-state index in [-0.39, 0.29) is 18.0 Å². The number of carbonyl (C=O) groups excluding carboxylic acids is 2. The Hall–Kier alpha value is -4.08. The summed E-state index contributed by atoms with van der Waals surface area (Å²) in [6.45, 7) is 3.91. The van der Waals surface area contributed by atoms with Crippen LogP contribution in [0.25, 0.3) is 0 Å². The number of nitro groups is 2. The standard InChI is InChI=1S/C19H16N4O6/c1-2-8-21-17(12-6-4-3-5-7-12)16(19(21)25)20-18(24)13-9-14(22(26)27)11-15(10-13)23(28)29/h2-7,9-11,16-17H,1,8H2,(H,20,24)/t16-,17+/m0/s1. The van der Waals surface area contributed by atoms with Crippen LogP contribution < -0.4 is 5.32 Å².